The van der Waals surface area contributed by atoms with E-state index in [-0.39, 0.29) is 0 Å². The average Bonchev–Trinajstić information content (AvgIpc) is 3.21. The minimum atomic E-state index is 0.522. The lowest BCUT2D eigenvalue weighted by molar-refractivity contribution is 0.280. The monoisotopic (exact) mass is 354 g/mol. The van der Waals surface area contributed by atoms with Crippen LogP contribution < -0.4 is 19.7 Å². The Labute approximate surface area is 151 Å². The molecule has 0 saturated carbocycles. The zero-order valence-corrected chi connectivity index (χ0v) is 14.8. The van der Waals surface area contributed by atoms with Gasteiger partial charge < -0.3 is 24.3 Å². The fraction of sp³-hybridized carbons (Fsp3) is 0.389. The Morgan fingerprint density at radius 2 is 2.04 bits per heavy atom. The molecule has 8 heteroatoms. The van der Waals surface area contributed by atoms with Gasteiger partial charge in [0, 0.05) is 50.0 Å². The molecule has 0 atom stereocenters. The fourth-order valence-electron chi connectivity index (χ4n) is 3.13. The van der Waals surface area contributed by atoms with Crippen LogP contribution in [0.3, 0.4) is 0 Å². The summed E-state index contributed by atoms with van der Waals surface area (Å²) < 4.78 is 13.5. The van der Waals surface area contributed by atoms with E-state index in [0.29, 0.717) is 18.1 Å². The van der Waals surface area contributed by atoms with Crippen LogP contribution in [0.25, 0.3) is 10.9 Å². The van der Waals surface area contributed by atoms with Crippen molar-refractivity contribution in [2.75, 3.05) is 44.8 Å². The summed E-state index contributed by atoms with van der Waals surface area (Å²) >= 11 is 0. The highest BCUT2D eigenvalue weighted by Crippen LogP contribution is 2.35. The number of aromatic nitrogens is 4. The number of methoxy groups -OCH3 is 1. The van der Waals surface area contributed by atoms with Gasteiger partial charge >= 0.3 is 0 Å². The van der Waals surface area contributed by atoms with Crippen LogP contribution in [0, 0.1) is 0 Å². The molecule has 1 saturated heterocycles. The maximum absolute atomic E-state index is 5.94. The first-order chi connectivity index (χ1) is 12.8. The topological polar surface area (TPSA) is 77.3 Å². The number of rotatable bonds is 6. The molecule has 1 aromatic carbocycles. The van der Waals surface area contributed by atoms with Gasteiger partial charge in [-0.1, -0.05) is 0 Å². The Morgan fingerprint density at radius 1 is 1.15 bits per heavy atom. The molecule has 0 unspecified atom stereocenters. The van der Waals surface area contributed by atoms with E-state index in [0.717, 1.165) is 49.4 Å². The van der Waals surface area contributed by atoms with Crippen molar-refractivity contribution in [1.29, 1.82) is 0 Å². The number of piperazine rings is 1. The maximum atomic E-state index is 5.94. The summed E-state index contributed by atoms with van der Waals surface area (Å²) in [7, 11) is 1.65. The number of imidazole rings is 1. The van der Waals surface area contributed by atoms with Gasteiger partial charge in [0.15, 0.2) is 11.5 Å². The molecule has 26 heavy (non-hydrogen) atoms. The van der Waals surface area contributed by atoms with Crippen LogP contribution in [0.5, 0.6) is 11.5 Å². The maximum Gasteiger partial charge on any atom is 0.163 e. The van der Waals surface area contributed by atoms with Gasteiger partial charge in [0.1, 0.15) is 18.8 Å². The number of nitrogens with one attached hydrogen (secondary N) is 1. The standard InChI is InChI=1S/C18H22N6O2/c1-25-16-10-14-15(11-17(16)26-9-8-23-5-2-20-13-23)21-12-22-18(14)24-6-3-19-4-7-24/h2,5,10-13,19H,3-4,6-9H2,1H3. The SMILES string of the molecule is COc1cc2c(N3CCNCC3)ncnc2cc1OCCn1ccnc1. The van der Waals surface area contributed by atoms with E-state index in [4.69, 9.17) is 9.47 Å². The van der Waals surface area contributed by atoms with Crippen molar-refractivity contribution < 1.29 is 9.47 Å². The highest BCUT2D eigenvalue weighted by atomic mass is 16.5. The second kappa shape index (κ2) is 7.57. The van der Waals surface area contributed by atoms with Crippen molar-refractivity contribution >= 4 is 16.7 Å². The Hall–Kier alpha value is -2.87. The minimum Gasteiger partial charge on any atom is -0.493 e. The molecule has 0 aliphatic carbocycles. The van der Waals surface area contributed by atoms with E-state index < -0.39 is 0 Å². The smallest absolute Gasteiger partial charge is 0.163 e. The first kappa shape index (κ1) is 16.6. The number of fused-ring (bicyclic) bond motifs is 1. The Kier molecular flexibility index (Phi) is 4.83. The molecule has 8 nitrogen and oxygen atoms in total. The number of ether oxygens (including phenoxy) is 2. The zero-order chi connectivity index (χ0) is 17.8. The number of nitrogens with zero attached hydrogens (tertiary/aromatic N) is 5. The molecule has 0 bridgehead atoms. The van der Waals surface area contributed by atoms with E-state index in [2.05, 4.69) is 25.2 Å². The highest BCUT2D eigenvalue weighted by molar-refractivity contribution is 5.92. The molecule has 0 amide bonds. The number of anilines is 1. The average molecular weight is 354 g/mol. The van der Waals surface area contributed by atoms with Crippen molar-refractivity contribution in [2.24, 2.45) is 0 Å². The van der Waals surface area contributed by atoms with Crippen molar-refractivity contribution in [1.82, 2.24) is 24.8 Å². The summed E-state index contributed by atoms with van der Waals surface area (Å²) in [6.45, 7) is 5.01. The molecule has 136 valence electrons. The molecule has 2 aromatic heterocycles. The van der Waals surface area contributed by atoms with Crippen LogP contribution >= 0.6 is 0 Å². The molecular weight excluding hydrogens is 332 g/mol. The third-order valence-corrected chi connectivity index (χ3v) is 4.48. The van der Waals surface area contributed by atoms with Crippen LogP contribution in [0.15, 0.2) is 37.2 Å². The summed E-state index contributed by atoms with van der Waals surface area (Å²) in [5, 5.41) is 4.34. The predicted molar refractivity (Wildman–Crippen MR) is 98.9 cm³/mol. The van der Waals surface area contributed by atoms with E-state index in [1.54, 1.807) is 26.0 Å². The second-order valence-corrected chi connectivity index (χ2v) is 6.10. The molecule has 1 N–H and O–H groups in total. The van der Waals surface area contributed by atoms with Crippen molar-refractivity contribution in [3.63, 3.8) is 0 Å². The van der Waals surface area contributed by atoms with Gasteiger partial charge in [0.25, 0.3) is 0 Å². The molecule has 1 aliphatic rings. The second-order valence-electron chi connectivity index (χ2n) is 6.10. The van der Waals surface area contributed by atoms with E-state index in [1.807, 2.05) is 22.9 Å². The summed E-state index contributed by atoms with van der Waals surface area (Å²) in [6, 6.07) is 3.90. The molecule has 0 radical (unpaired) electrons. The molecule has 3 heterocycles. The molecule has 3 aromatic rings. The van der Waals surface area contributed by atoms with Crippen LogP contribution in [0.2, 0.25) is 0 Å². The van der Waals surface area contributed by atoms with E-state index in [9.17, 15) is 0 Å². The van der Waals surface area contributed by atoms with Crippen LogP contribution in [0.1, 0.15) is 0 Å². The van der Waals surface area contributed by atoms with E-state index >= 15 is 0 Å². The summed E-state index contributed by atoms with van der Waals surface area (Å²) in [5.41, 5.74) is 0.854. The lowest BCUT2D eigenvalue weighted by atomic mass is 10.2. The third-order valence-electron chi connectivity index (χ3n) is 4.48. The lowest BCUT2D eigenvalue weighted by Gasteiger charge is -2.29. The van der Waals surface area contributed by atoms with Gasteiger partial charge in [-0.3, -0.25) is 0 Å². The molecule has 4 rings (SSSR count). The van der Waals surface area contributed by atoms with Gasteiger partial charge in [-0.25, -0.2) is 15.0 Å². The number of hydrogen-bond donors (Lipinski definition) is 1. The van der Waals surface area contributed by atoms with Crippen molar-refractivity contribution in [2.45, 2.75) is 6.54 Å². The van der Waals surface area contributed by atoms with Crippen molar-refractivity contribution in [3.8, 4) is 11.5 Å². The molecule has 1 aliphatic heterocycles. The van der Waals surface area contributed by atoms with Gasteiger partial charge in [-0.15, -0.1) is 0 Å². The van der Waals surface area contributed by atoms with Crippen LogP contribution in [0.4, 0.5) is 5.82 Å². The normalized spacial score (nSPS) is 14.6. The van der Waals surface area contributed by atoms with Crippen LogP contribution in [-0.4, -0.2) is 59.4 Å². The number of benzene rings is 1. The van der Waals surface area contributed by atoms with Gasteiger partial charge in [-0.05, 0) is 6.07 Å². The van der Waals surface area contributed by atoms with Crippen molar-refractivity contribution in [3.05, 3.63) is 37.2 Å². The molecule has 0 spiro atoms. The number of hydrogen-bond acceptors (Lipinski definition) is 7. The van der Waals surface area contributed by atoms with Gasteiger partial charge in [0.05, 0.1) is 25.5 Å². The highest BCUT2D eigenvalue weighted by Gasteiger charge is 2.17. The van der Waals surface area contributed by atoms with Crippen LogP contribution in [-0.2, 0) is 6.54 Å². The zero-order valence-electron chi connectivity index (χ0n) is 14.8. The fourth-order valence-corrected chi connectivity index (χ4v) is 3.13. The summed E-state index contributed by atoms with van der Waals surface area (Å²) in [5.74, 6) is 2.32. The van der Waals surface area contributed by atoms with Gasteiger partial charge in [-0.2, -0.15) is 0 Å². The Balaban J connectivity index is 1.60. The minimum absolute atomic E-state index is 0.522. The third kappa shape index (κ3) is 3.41. The quantitative estimate of drug-likeness (QED) is 0.715. The first-order valence-corrected chi connectivity index (χ1v) is 8.72. The Bertz CT molecular complexity index is 861. The van der Waals surface area contributed by atoms with Gasteiger partial charge in [0.2, 0.25) is 0 Å². The lowest BCUT2D eigenvalue weighted by Crippen LogP contribution is -2.44. The summed E-state index contributed by atoms with van der Waals surface area (Å²) in [6.07, 6.45) is 7.05. The molecule has 1 fully saturated rings. The predicted octanol–water partition coefficient (Wildman–Crippen LogP) is 1.32. The largest absolute Gasteiger partial charge is 0.493 e. The Morgan fingerprint density at radius 3 is 2.81 bits per heavy atom. The first-order valence-electron chi connectivity index (χ1n) is 8.72. The van der Waals surface area contributed by atoms with E-state index in [1.165, 1.54) is 0 Å². The molecular formula is C18H22N6O2. The summed E-state index contributed by atoms with van der Waals surface area (Å²) in [4.78, 5) is 15.2.